The first kappa shape index (κ1) is 12.8. The highest BCUT2D eigenvalue weighted by molar-refractivity contribution is 9.10. The summed E-state index contributed by atoms with van der Waals surface area (Å²) in [5.41, 5.74) is 2.43. The Morgan fingerprint density at radius 1 is 1.20 bits per heavy atom. The lowest BCUT2D eigenvalue weighted by Gasteiger charge is -2.00. The third-order valence-electron chi connectivity index (χ3n) is 2.82. The molecule has 0 bridgehead atoms. The van der Waals surface area contributed by atoms with E-state index in [9.17, 15) is 5.11 Å². The maximum atomic E-state index is 9.74. The Morgan fingerprint density at radius 2 is 2.05 bits per heavy atom. The molecular formula is C14H10BrN3O2. The van der Waals surface area contributed by atoms with Gasteiger partial charge in [-0.05, 0) is 30.7 Å². The molecule has 0 aliphatic heterocycles. The molecule has 3 aromatic rings. The Labute approximate surface area is 123 Å². The van der Waals surface area contributed by atoms with Crippen molar-refractivity contribution in [3.63, 3.8) is 0 Å². The second-order valence-electron chi connectivity index (χ2n) is 4.30. The fourth-order valence-electron chi connectivity index (χ4n) is 1.81. The molecule has 0 aliphatic carbocycles. The molecule has 1 aromatic carbocycles. The van der Waals surface area contributed by atoms with Crippen LogP contribution in [0, 0.1) is 6.92 Å². The Hall–Kier alpha value is -2.21. The van der Waals surface area contributed by atoms with Gasteiger partial charge < -0.3 is 9.63 Å². The van der Waals surface area contributed by atoms with Gasteiger partial charge in [0.2, 0.25) is 5.82 Å². The van der Waals surface area contributed by atoms with E-state index in [1.807, 2.05) is 25.1 Å². The van der Waals surface area contributed by atoms with Crippen molar-refractivity contribution in [2.75, 3.05) is 0 Å². The van der Waals surface area contributed by atoms with Gasteiger partial charge >= 0.3 is 0 Å². The van der Waals surface area contributed by atoms with E-state index in [1.165, 1.54) is 6.20 Å². The van der Waals surface area contributed by atoms with Gasteiger partial charge in [-0.15, -0.1) is 0 Å². The largest absolute Gasteiger partial charge is 0.505 e. The van der Waals surface area contributed by atoms with Crippen molar-refractivity contribution < 1.29 is 9.63 Å². The van der Waals surface area contributed by atoms with Crippen molar-refractivity contribution in [1.29, 1.82) is 0 Å². The van der Waals surface area contributed by atoms with Crippen molar-refractivity contribution in [2.24, 2.45) is 0 Å². The van der Waals surface area contributed by atoms with Gasteiger partial charge in [-0.2, -0.15) is 4.98 Å². The summed E-state index contributed by atoms with van der Waals surface area (Å²) in [4.78, 5) is 8.12. The van der Waals surface area contributed by atoms with Gasteiger partial charge in [-0.1, -0.05) is 27.2 Å². The highest BCUT2D eigenvalue weighted by Gasteiger charge is 2.15. The van der Waals surface area contributed by atoms with Crippen molar-refractivity contribution in [2.45, 2.75) is 6.92 Å². The molecule has 0 atom stereocenters. The van der Waals surface area contributed by atoms with E-state index in [0.717, 1.165) is 15.6 Å². The molecule has 0 saturated carbocycles. The molecule has 1 N–H and O–H groups in total. The molecule has 2 heterocycles. The number of aromatic nitrogens is 3. The molecule has 3 rings (SSSR count). The molecule has 0 aliphatic rings. The zero-order valence-corrected chi connectivity index (χ0v) is 12.1. The van der Waals surface area contributed by atoms with Crippen LogP contribution in [0.4, 0.5) is 0 Å². The molecule has 5 nitrogen and oxygen atoms in total. The van der Waals surface area contributed by atoms with Crippen molar-refractivity contribution in [1.82, 2.24) is 15.1 Å². The maximum Gasteiger partial charge on any atom is 0.262 e. The Kier molecular flexibility index (Phi) is 3.23. The van der Waals surface area contributed by atoms with Crippen molar-refractivity contribution in [3.05, 3.63) is 46.7 Å². The van der Waals surface area contributed by atoms with Crippen LogP contribution in [0.1, 0.15) is 5.56 Å². The van der Waals surface area contributed by atoms with Crippen LogP contribution in [-0.2, 0) is 0 Å². The summed E-state index contributed by atoms with van der Waals surface area (Å²) in [7, 11) is 0. The van der Waals surface area contributed by atoms with Crippen molar-refractivity contribution in [3.8, 4) is 28.6 Å². The van der Waals surface area contributed by atoms with Crippen LogP contribution in [0.3, 0.4) is 0 Å². The van der Waals surface area contributed by atoms with E-state index in [-0.39, 0.29) is 11.6 Å². The van der Waals surface area contributed by atoms with E-state index in [2.05, 4.69) is 31.1 Å². The smallest absolute Gasteiger partial charge is 0.262 e. The molecule has 6 heteroatoms. The minimum atomic E-state index is 0.00525. The van der Waals surface area contributed by atoms with E-state index in [1.54, 1.807) is 12.3 Å². The Morgan fingerprint density at radius 3 is 2.80 bits per heavy atom. The lowest BCUT2D eigenvalue weighted by molar-refractivity contribution is 0.425. The Balaban J connectivity index is 2.04. The molecular weight excluding hydrogens is 322 g/mol. The summed E-state index contributed by atoms with van der Waals surface area (Å²) in [6.45, 7) is 2.01. The number of halogens is 1. The number of aryl methyl sites for hydroxylation is 1. The lowest BCUT2D eigenvalue weighted by Crippen LogP contribution is -1.85. The third-order valence-corrected chi connectivity index (χ3v) is 3.48. The highest BCUT2D eigenvalue weighted by Crippen LogP contribution is 2.31. The van der Waals surface area contributed by atoms with Gasteiger partial charge in [0.25, 0.3) is 5.89 Å². The Bertz CT molecular complexity index is 771. The minimum absolute atomic E-state index is 0.00525. The fraction of sp³-hybridized carbons (Fsp3) is 0.0714. The summed E-state index contributed by atoms with van der Waals surface area (Å²) in [5.74, 6) is 0.723. The average molecular weight is 332 g/mol. The van der Waals surface area contributed by atoms with Gasteiger partial charge in [0.1, 0.15) is 5.75 Å². The molecule has 0 amide bonds. The zero-order chi connectivity index (χ0) is 14.1. The monoisotopic (exact) mass is 331 g/mol. The second kappa shape index (κ2) is 5.05. The van der Waals surface area contributed by atoms with Crippen LogP contribution >= 0.6 is 15.9 Å². The van der Waals surface area contributed by atoms with Gasteiger partial charge in [-0.25, -0.2) is 0 Å². The van der Waals surface area contributed by atoms with E-state index in [0.29, 0.717) is 11.4 Å². The molecule has 0 saturated heterocycles. The summed E-state index contributed by atoms with van der Waals surface area (Å²) in [6, 6.07) is 7.49. The summed E-state index contributed by atoms with van der Waals surface area (Å²) in [5, 5.41) is 13.7. The van der Waals surface area contributed by atoms with Crippen LogP contribution in [0.5, 0.6) is 5.75 Å². The van der Waals surface area contributed by atoms with Crippen LogP contribution in [0.15, 0.2) is 45.7 Å². The number of pyridine rings is 1. The summed E-state index contributed by atoms with van der Waals surface area (Å²) < 4.78 is 6.09. The average Bonchev–Trinajstić information content (AvgIpc) is 2.88. The number of rotatable bonds is 2. The number of benzene rings is 1. The summed E-state index contributed by atoms with van der Waals surface area (Å²) >= 11 is 3.48. The first-order chi connectivity index (χ1) is 9.65. The fourth-order valence-corrected chi connectivity index (χ4v) is 2.48. The molecule has 20 heavy (non-hydrogen) atoms. The predicted octanol–water partition coefficient (Wildman–Crippen LogP) is 3.58. The normalized spacial score (nSPS) is 10.7. The second-order valence-corrected chi connectivity index (χ2v) is 5.15. The minimum Gasteiger partial charge on any atom is -0.505 e. The third kappa shape index (κ3) is 2.30. The van der Waals surface area contributed by atoms with E-state index in [4.69, 9.17) is 4.52 Å². The lowest BCUT2D eigenvalue weighted by atomic mass is 10.1. The van der Waals surface area contributed by atoms with Crippen molar-refractivity contribution >= 4 is 15.9 Å². The number of aromatic hydroxyl groups is 1. The van der Waals surface area contributed by atoms with Crippen LogP contribution in [0.25, 0.3) is 22.8 Å². The molecule has 0 radical (unpaired) electrons. The van der Waals surface area contributed by atoms with Gasteiger partial charge in [0.15, 0.2) is 0 Å². The van der Waals surface area contributed by atoms with Crippen LogP contribution in [-0.4, -0.2) is 20.2 Å². The highest BCUT2D eigenvalue weighted by atomic mass is 79.9. The molecule has 0 fully saturated rings. The first-order valence-corrected chi connectivity index (χ1v) is 6.68. The van der Waals surface area contributed by atoms with Crippen LogP contribution < -0.4 is 0 Å². The topological polar surface area (TPSA) is 72.0 Å². The SMILES string of the molecule is Cc1ccc(-c2noc(-c3ccncc3O)n2)c(Br)c1. The van der Waals surface area contributed by atoms with E-state index >= 15 is 0 Å². The molecule has 0 unspecified atom stereocenters. The molecule has 100 valence electrons. The van der Waals surface area contributed by atoms with Gasteiger partial charge in [0.05, 0.1) is 11.8 Å². The van der Waals surface area contributed by atoms with E-state index < -0.39 is 0 Å². The predicted molar refractivity (Wildman–Crippen MR) is 77.1 cm³/mol. The standard InChI is InChI=1S/C14H10BrN3O2/c1-8-2-3-9(11(15)6-8)13-17-14(20-18-13)10-4-5-16-7-12(10)19/h2-7,19H,1H3. The maximum absolute atomic E-state index is 9.74. The van der Waals surface area contributed by atoms with Crippen LogP contribution in [0.2, 0.25) is 0 Å². The van der Waals surface area contributed by atoms with Gasteiger partial charge in [-0.3, -0.25) is 4.98 Å². The molecule has 0 spiro atoms. The zero-order valence-electron chi connectivity index (χ0n) is 10.5. The van der Waals surface area contributed by atoms with Gasteiger partial charge in [0, 0.05) is 16.2 Å². The number of hydrogen-bond donors (Lipinski definition) is 1. The number of nitrogens with zero attached hydrogens (tertiary/aromatic N) is 3. The first-order valence-electron chi connectivity index (χ1n) is 5.89. The quantitative estimate of drug-likeness (QED) is 0.777. The number of hydrogen-bond acceptors (Lipinski definition) is 5. The summed E-state index contributed by atoms with van der Waals surface area (Å²) in [6.07, 6.45) is 2.89. The molecule has 2 aromatic heterocycles.